The molecule has 0 radical (unpaired) electrons. The molecule has 0 saturated heterocycles. The number of allylic oxidation sites excluding steroid dienone is 12. The number of rotatable bonds is 55. The predicted octanol–water partition coefficient (Wildman–Crippen LogP) is 20.5. The zero-order chi connectivity index (χ0) is 51.4. The van der Waals surface area contributed by atoms with E-state index in [1.54, 1.807) is 0 Å². The molecule has 6 heteroatoms. The number of carbonyl (C=O) groups is 3. The second kappa shape index (κ2) is 59.4. The maximum absolute atomic E-state index is 12.9. The molecule has 0 aliphatic rings. The Balaban J connectivity index is 4.41. The molecular weight excluding hydrogens is 877 g/mol. The van der Waals surface area contributed by atoms with Crippen molar-refractivity contribution < 1.29 is 28.6 Å². The summed E-state index contributed by atoms with van der Waals surface area (Å²) in [6, 6.07) is 0. The molecule has 0 bridgehead atoms. The molecule has 0 heterocycles. The summed E-state index contributed by atoms with van der Waals surface area (Å²) in [4.78, 5) is 38.2. The third-order valence-corrected chi connectivity index (χ3v) is 13.2. The fourth-order valence-corrected chi connectivity index (χ4v) is 8.54. The number of carbonyl (C=O) groups excluding carboxylic acids is 3. The Hall–Kier alpha value is -3.15. The van der Waals surface area contributed by atoms with Gasteiger partial charge in [-0.15, -0.1) is 0 Å². The highest BCUT2D eigenvalue weighted by molar-refractivity contribution is 5.71. The van der Waals surface area contributed by atoms with Crippen LogP contribution in [0.15, 0.2) is 72.9 Å². The van der Waals surface area contributed by atoms with E-state index in [0.717, 1.165) is 64.2 Å². The Kier molecular flexibility index (Phi) is 56.8. The van der Waals surface area contributed by atoms with Gasteiger partial charge < -0.3 is 14.2 Å². The Morgan fingerprint density at radius 3 is 0.901 bits per heavy atom. The zero-order valence-electron chi connectivity index (χ0n) is 47.0. The summed E-state index contributed by atoms with van der Waals surface area (Å²) >= 11 is 0. The van der Waals surface area contributed by atoms with Gasteiger partial charge in [0.2, 0.25) is 0 Å². The third kappa shape index (κ3) is 57.6. The van der Waals surface area contributed by atoms with Crippen LogP contribution in [0, 0.1) is 0 Å². The van der Waals surface area contributed by atoms with Crippen molar-refractivity contribution in [2.75, 3.05) is 13.2 Å². The van der Waals surface area contributed by atoms with Gasteiger partial charge in [-0.2, -0.15) is 0 Å². The highest BCUT2D eigenvalue weighted by Gasteiger charge is 2.19. The Bertz CT molecular complexity index is 1320. The lowest BCUT2D eigenvalue weighted by atomic mass is 10.0. The lowest BCUT2D eigenvalue weighted by Gasteiger charge is -2.18. The van der Waals surface area contributed by atoms with Crippen LogP contribution in [0.5, 0.6) is 0 Å². The second-order valence-electron chi connectivity index (χ2n) is 20.2. The number of esters is 3. The largest absolute Gasteiger partial charge is 0.462 e. The molecule has 0 saturated carbocycles. The average molecular weight is 992 g/mol. The average Bonchev–Trinajstić information content (AvgIpc) is 3.37. The molecule has 0 amide bonds. The SMILES string of the molecule is CCCCC/C=C\C/C=C\C/C=C\C/C=C\CCCC(=O)OC[C@H](COC(=O)CCCCCCCCCCCCC/C=C\CCCCCCCC)OC(=O)CCCCCCCCC/C=C\CCCCCC. The van der Waals surface area contributed by atoms with Crippen LogP contribution in [-0.4, -0.2) is 37.2 Å². The van der Waals surface area contributed by atoms with Crippen LogP contribution >= 0.6 is 0 Å². The number of hydrogen-bond acceptors (Lipinski definition) is 6. The van der Waals surface area contributed by atoms with E-state index in [-0.39, 0.29) is 37.5 Å². The topological polar surface area (TPSA) is 78.9 Å². The van der Waals surface area contributed by atoms with Crippen molar-refractivity contribution in [3.63, 3.8) is 0 Å². The summed E-state index contributed by atoms with van der Waals surface area (Å²) < 4.78 is 16.9. The highest BCUT2D eigenvalue weighted by atomic mass is 16.6. The zero-order valence-corrected chi connectivity index (χ0v) is 47.0. The summed E-state index contributed by atoms with van der Waals surface area (Å²) in [5, 5.41) is 0. The highest BCUT2D eigenvalue weighted by Crippen LogP contribution is 2.16. The Labute approximate surface area is 440 Å². The molecule has 0 aromatic carbocycles. The van der Waals surface area contributed by atoms with Crippen LogP contribution in [0.4, 0.5) is 0 Å². The van der Waals surface area contributed by atoms with Crippen LogP contribution in [0.3, 0.4) is 0 Å². The third-order valence-electron chi connectivity index (χ3n) is 13.2. The van der Waals surface area contributed by atoms with Crippen molar-refractivity contribution in [3.8, 4) is 0 Å². The molecule has 0 unspecified atom stereocenters. The Morgan fingerprint density at radius 2 is 0.521 bits per heavy atom. The maximum atomic E-state index is 12.9. The quantitative estimate of drug-likeness (QED) is 0.0261. The first kappa shape index (κ1) is 67.8. The lowest BCUT2D eigenvalue weighted by Crippen LogP contribution is -2.30. The summed E-state index contributed by atoms with van der Waals surface area (Å²) in [5.74, 6) is -0.946. The lowest BCUT2D eigenvalue weighted by molar-refractivity contribution is -0.167. The molecule has 6 nitrogen and oxygen atoms in total. The van der Waals surface area contributed by atoms with Crippen LogP contribution in [0.1, 0.15) is 303 Å². The van der Waals surface area contributed by atoms with E-state index in [0.29, 0.717) is 19.3 Å². The molecule has 0 aliphatic heterocycles. The molecule has 0 fully saturated rings. The van der Waals surface area contributed by atoms with E-state index < -0.39 is 6.10 Å². The van der Waals surface area contributed by atoms with Gasteiger partial charge in [0.05, 0.1) is 0 Å². The van der Waals surface area contributed by atoms with E-state index in [4.69, 9.17) is 14.2 Å². The molecule has 71 heavy (non-hydrogen) atoms. The van der Waals surface area contributed by atoms with Gasteiger partial charge in [0, 0.05) is 19.3 Å². The van der Waals surface area contributed by atoms with Crippen LogP contribution in [0.2, 0.25) is 0 Å². The number of hydrogen-bond donors (Lipinski definition) is 0. The van der Waals surface area contributed by atoms with Crippen molar-refractivity contribution in [2.45, 2.75) is 309 Å². The van der Waals surface area contributed by atoms with Gasteiger partial charge in [-0.25, -0.2) is 0 Å². The summed E-state index contributed by atoms with van der Waals surface area (Å²) in [5.41, 5.74) is 0. The summed E-state index contributed by atoms with van der Waals surface area (Å²) in [6.07, 6.45) is 76.2. The van der Waals surface area contributed by atoms with Crippen molar-refractivity contribution in [3.05, 3.63) is 72.9 Å². The molecule has 0 aromatic heterocycles. The van der Waals surface area contributed by atoms with Gasteiger partial charge in [0.25, 0.3) is 0 Å². The van der Waals surface area contributed by atoms with Gasteiger partial charge in [-0.3, -0.25) is 14.4 Å². The van der Waals surface area contributed by atoms with Gasteiger partial charge >= 0.3 is 17.9 Å². The molecule has 0 rings (SSSR count). The van der Waals surface area contributed by atoms with Crippen LogP contribution in [0.25, 0.3) is 0 Å². The van der Waals surface area contributed by atoms with Crippen LogP contribution < -0.4 is 0 Å². The minimum Gasteiger partial charge on any atom is -0.462 e. The first-order chi connectivity index (χ1) is 35.0. The van der Waals surface area contributed by atoms with E-state index >= 15 is 0 Å². The maximum Gasteiger partial charge on any atom is 0.306 e. The molecule has 0 spiro atoms. The molecular formula is C65H114O6. The summed E-state index contributed by atoms with van der Waals surface area (Å²) in [7, 11) is 0. The monoisotopic (exact) mass is 991 g/mol. The standard InChI is InChI=1S/C65H114O6/c1-4-7-10-13-16-19-22-25-28-30-31-32-33-35-38-40-43-46-49-52-55-58-64(67)70-61-62(71-65(68)59-56-53-50-47-44-41-36-27-24-21-18-15-12-9-6-3)60-69-63(66)57-54-51-48-45-42-39-37-34-29-26-23-20-17-14-11-8-5-2/h17,20-21,24-26,28-29,37,39,45,48,62H,4-16,18-19,22-23,27,30-36,38,40-44,46-47,49-61H2,1-3H3/b20-17-,24-21-,28-25-,29-26-,39-37-,48-45-/t62-/m1/s1. The fourth-order valence-electron chi connectivity index (χ4n) is 8.54. The van der Waals surface area contributed by atoms with E-state index in [1.807, 2.05) is 0 Å². The van der Waals surface area contributed by atoms with Crippen molar-refractivity contribution in [1.82, 2.24) is 0 Å². The van der Waals surface area contributed by atoms with Crippen molar-refractivity contribution in [2.24, 2.45) is 0 Å². The minimum absolute atomic E-state index is 0.0932. The van der Waals surface area contributed by atoms with E-state index in [9.17, 15) is 14.4 Å². The first-order valence-electron chi connectivity index (χ1n) is 30.4. The number of ether oxygens (including phenoxy) is 3. The van der Waals surface area contributed by atoms with Gasteiger partial charge in [0.1, 0.15) is 13.2 Å². The summed E-state index contributed by atoms with van der Waals surface area (Å²) in [6.45, 7) is 6.57. The molecule has 0 aromatic rings. The normalized spacial score (nSPS) is 12.5. The molecule has 1 atom stereocenters. The van der Waals surface area contributed by atoms with Crippen LogP contribution in [-0.2, 0) is 28.6 Å². The molecule has 0 N–H and O–H groups in total. The van der Waals surface area contributed by atoms with E-state index in [1.165, 1.54) is 193 Å². The predicted molar refractivity (Wildman–Crippen MR) is 307 cm³/mol. The van der Waals surface area contributed by atoms with Gasteiger partial charge in [-0.1, -0.05) is 248 Å². The van der Waals surface area contributed by atoms with Crippen molar-refractivity contribution >= 4 is 17.9 Å². The first-order valence-corrected chi connectivity index (χ1v) is 30.4. The Morgan fingerprint density at radius 1 is 0.282 bits per heavy atom. The minimum atomic E-state index is -0.800. The van der Waals surface area contributed by atoms with Crippen molar-refractivity contribution in [1.29, 1.82) is 0 Å². The van der Waals surface area contributed by atoms with E-state index in [2.05, 4.69) is 93.7 Å². The van der Waals surface area contributed by atoms with Gasteiger partial charge in [0.15, 0.2) is 6.10 Å². The number of unbranched alkanes of at least 4 members (excludes halogenated alkanes) is 32. The second-order valence-corrected chi connectivity index (χ2v) is 20.2. The smallest absolute Gasteiger partial charge is 0.306 e. The molecule has 410 valence electrons. The fraction of sp³-hybridized carbons (Fsp3) is 0.769. The molecule has 0 aliphatic carbocycles. The van der Waals surface area contributed by atoms with Gasteiger partial charge in [-0.05, 0) is 109 Å².